The molecule has 0 atom stereocenters. The first-order chi connectivity index (χ1) is 7.43. The molecule has 0 spiro atoms. The fraction of sp³-hybridized carbons (Fsp3) is 0.400. The average Bonchev–Trinajstić information content (AvgIpc) is 2.19. The molecule has 6 heteroatoms. The molecule has 0 bridgehead atoms. The van der Waals surface area contributed by atoms with E-state index in [1.54, 1.807) is 0 Å². The monoisotopic (exact) mass is 230 g/mol. The molecule has 1 N–H and O–H groups in total. The summed E-state index contributed by atoms with van der Waals surface area (Å²) in [5.41, 5.74) is -0.849. The van der Waals surface area contributed by atoms with Crippen LogP contribution in [0.15, 0.2) is 12.1 Å². The predicted octanol–water partition coefficient (Wildman–Crippen LogP) is 2.94. The van der Waals surface area contributed by atoms with E-state index in [2.05, 4.69) is 5.32 Å². The Kier molecular flexibility index (Phi) is 3.76. The lowest BCUT2D eigenvalue weighted by atomic mass is 10.2. The molecular weight excluding hydrogens is 218 g/mol. The molecule has 16 heavy (non-hydrogen) atoms. The molecule has 0 heterocycles. The molecule has 0 unspecified atom stereocenters. The average molecular weight is 230 g/mol. The van der Waals surface area contributed by atoms with Crippen LogP contribution in [0, 0.1) is 27.7 Å². The SMILES string of the molecule is CC(C)CNc1c([N+](=O)[O-])ccc(F)c1F. The van der Waals surface area contributed by atoms with Crippen LogP contribution in [0.1, 0.15) is 13.8 Å². The van der Waals surface area contributed by atoms with Crippen molar-refractivity contribution >= 4 is 11.4 Å². The number of benzene rings is 1. The summed E-state index contributed by atoms with van der Waals surface area (Å²) in [6.07, 6.45) is 0. The predicted molar refractivity (Wildman–Crippen MR) is 56.3 cm³/mol. The number of anilines is 1. The summed E-state index contributed by atoms with van der Waals surface area (Å²) in [4.78, 5) is 9.86. The summed E-state index contributed by atoms with van der Waals surface area (Å²) in [5, 5.41) is 13.2. The molecule has 0 saturated heterocycles. The molecule has 0 saturated carbocycles. The molecule has 0 fully saturated rings. The summed E-state index contributed by atoms with van der Waals surface area (Å²) in [7, 11) is 0. The maximum absolute atomic E-state index is 13.3. The largest absolute Gasteiger partial charge is 0.377 e. The summed E-state index contributed by atoms with van der Waals surface area (Å²) >= 11 is 0. The molecule has 0 radical (unpaired) electrons. The number of nitrogens with one attached hydrogen (secondary N) is 1. The highest BCUT2D eigenvalue weighted by molar-refractivity contribution is 5.62. The van der Waals surface area contributed by atoms with Gasteiger partial charge in [0.1, 0.15) is 0 Å². The molecule has 1 aromatic rings. The number of halogens is 2. The van der Waals surface area contributed by atoms with E-state index in [4.69, 9.17) is 0 Å². The summed E-state index contributed by atoms with van der Waals surface area (Å²) < 4.78 is 26.2. The van der Waals surface area contributed by atoms with Gasteiger partial charge >= 0.3 is 0 Å². The van der Waals surface area contributed by atoms with Gasteiger partial charge in [-0.05, 0) is 12.0 Å². The van der Waals surface area contributed by atoms with Crippen LogP contribution in [0.2, 0.25) is 0 Å². The van der Waals surface area contributed by atoms with Crippen molar-refractivity contribution in [3.8, 4) is 0 Å². The highest BCUT2D eigenvalue weighted by Gasteiger charge is 2.21. The normalized spacial score (nSPS) is 10.6. The third-order valence-corrected chi connectivity index (χ3v) is 1.96. The molecule has 1 aromatic carbocycles. The number of nitro benzene ring substituents is 1. The van der Waals surface area contributed by atoms with Gasteiger partial charge in [-0.15, -0.1) is 0 Å². The fourth-order valence-electron chi connectivity index (χ4n) is 1.17. The smallest absolute Gasteiger partial charge is 0.295 e. The summed E-state index contributed by atoms with van der Waals surface area (Å²) in [6, 6.07) is 1.69. The summed E-state index contributed by atoms with van der Waals surface area (Å²) in [6.45, 7) is 4.05. The first kappa shape index (κ1) is 12.4. The Bertz CT molecular complexity index is 408. The van der Waals surface area contributed by atoms with E-state index in [9.17, 15) is 18.9 Å². The quantitative estimate of drug-likeness (QED) is 0.639. The second kappa shape index (κ2) is 4.87. The van der Waals surface area contributed by atoms with Crippen LogP contribution < -0.4 is 5.32 Å². The van der Waals surface area contributed by atoms with Crippen molar-refractivity contribution in [2.45, 2.75) is 13.8 Å². The zero-order valence-electron chi connectivity index (χ0n) is 8.96. The topological polar surface area (TPSA) is 55.2 Å². The molecule has 1 rings (SSSR count). The third-order valence-electron chi connectivity index (χ3n) is 1.96. The van der Waals surface area contributed by atoms with Crippen molar-refractivity contribution in [1.29, 1.82) is 0 Å². The van der Waals surface area contributed by atoms with E-state index < -0.39 is 27.9 Å². The van der Waals surface area contributed by atoms with Gasteiger partial charge in [0.05, 0.1) is 4.92 Å². The van der Waals surface area contributed by atoms with Crippen molar-refractivity contribution in [3.05, 3.63) is 33.9 Å². The van der Waals surface area contributed by atoms with Gasteiger partial charge in [-0.25, -0.2) is 8.78 Å². The van der Waals surface area contributed by atoms with Crippen molar-refractivity contribution in [2.75, 3.05) is 11.9 Å². The van der Waals surface area contributed by atoms with Gasteiger partial charge in [-0.1, -0.05) is 13.8 Å². The zero-order valence-corrected chi connectivity index (χ0v) is 8.96. The minimum Gasteiger partial charge on any atom is -0.377 e. The first-order valence-electron chi connectivity index (χ1n) is 4.79. The van der Waals surface area contributed by atoms with Gasteiger partial charge in [-0.3, -0.25) is 10.1 Å². The van der Waals surface area contributed by atoms with Gasteiger partial charge in [0.25, 0.3) is 5.69 Å². The minimum absolute atomic E-state index is 0.169. The third kappa shape index (κ3) is 2.65. The minimum atomic E-state index is -1.21. The standard InChI is InChI=1S/C10H12F2N2O2/c1-6(2)5-13-10-8(14(15)16)4-3-7(11)9(10)12/h3-4,6,13H,5H2,1-2H3. The van der Waals surface area contributed by atoms with Crippen molar-refractivity contribution in [3.63, 3.8) is 0 Å². The van der Waals surface area contributed by atoms with E-state index in [0.29, 0.717) is 6.54 Å². The molecule has 88 valence electrons. The molecule has 0 aliphatic carbocycles. The van der Waals surface area contributed by atoms with Crippen molar-refractivity contribution < 1.29 is 13.7 Å². The van der Waals surface area contributed by atoms with Gasteiger partial charge in [-0.2, -0.15) is 0 Å². The Labute approximate surface area is 91.4 Å². The Hall–Kier alpha value is -1.72. The van der Waals surface area contributed by atoms with Crippen LogP contribution in [0.4, 0.5) is 20.2 Å². The number of rotatable bonds is 4. The maximum atomic E-state index is 13.3. The van der Waals surface area contributed by atoms with Gasteiger partial charge in [0.15, 0.2) is 17.3 Å². The lowest BCUT2D eigenvalue weighted by Gasteiger charge is -2.10. The first-order valence-corrected chi connectivity index (χ1v) is 4.79. The number of nitro groups is 1. The molecule has 0 aliphatic rings. The van der Waals surface area contributed by atoms with Crippen LogP contribution in [-0.4, -0.2) is 11.5 Å². The van der Waals surface area contributed by atoms with Crippen LogP contribution in [0.5, 0.6) is 0 Å². The van der Waals surface area contributed by atoms with Crippen LogP contribution in [0.25, 0.3) is 0 Å². The molecular formula is C10H12F2N2O2. The van der Waals surface area contributed by atoms with E-state index in [1.807, 2.05) is 13.8 Å². The second-order valence-electron chi connectivity index (χ2n) is 3.79. The Balaban J connectivity index is 3.11. The fourth-order valence-corrected chi connectivity index (χ4v) is 1.17. The van der Waals surface area contributed by atoms with Gasteiger partial charge < -0.3 is 5.32 Å². The van der Waals surface area contributed by atoms with Gasteiger partial charge in [0, 0.05) is 12.6 Å². The lowest BCUT2D eigenvalue weighted by Crippen LogP contribution is -2.11. The maximum Gasteiger partial charge on any atom is 0.295 e. The van der Waals surface area contributed by atoms with Crippen LogP contribution in [0.3, 0.4) is 0 Å². The second-order valence-corrected chi connectivity index (χ2v) is 3.79. The van der Waals surface area contributed by atoms with Crippen molar-refractivity contribution in [1.82, 2.24) is 0 Å². The Morgan fingerprint density at radius 3 is 2.56 bits per heavy atom. The number of hydrogen-bond acceptors (Lipinski definition) is 3. The number of nitrogens with zero attached hydrogens (tertiary/aromatic N) is 1. The highest BCUT2D eigenvalue weighted by Crippen LogP contribution is 2.29. The van der Waals surface area contributed by atoms with E-state index in [0.717, 1.165) is 12.1 Å². The van der Waals surface area contributed by atoms with E-state index >= 15 is 0 Å². The molecule has 0 aliphatic heterocycles. The van der Waals surface area contributed by atoms with E-state index in [1.165, 1.54) is 0 Å². The van der Waals surface area contributed by atoms with Crippen molar-refractivity contribution in [2.24, 2.45) is 5.92 Å². The highest BCUT2D eigenvalue weighted by atomic mass is 19.2. The van der Waals surface area contributed by atoms with E-state index in [-0.39, 0.29) is 5.92 Å². The molecule has 4 nitrogen and oxygen atoms in total. The Morgan fingerprint density at radius 1 is 1.44 bits per heavy atom. The lowest BCUT2D eigenvalue weighted by molar-refractivity contribution is -0.384. The van der Waals surface area contributed by atoms with Crippen LogP contribution in [-0.2, 0) is 0 Å². The zero-order chi connectivity index (χ0) is 12.3. The summed E-state index contributed by atoms with van der Waals surface area (Å²) in [5.74, 6) is -2.14. The Morgan fingerprint density at radius 2 is 2.06 bits per heavy atom. The number of hydrogen-bond donors (Lipinski definition) is 1. The van der Waals surface area contributed by atoms with Crippen LogP contribution >= 0.6 is 0 Å². The molecule has 0 amide bonds. The molecule has 0 aromatic heterocycles. The van der Waals surface area contributed by atoms with Gasteiger partial charge in [0.2, 0.25) is 0 Å².